The Hall–Kier alpha value is -3.43. The van der Waals surface area contributed by atoms with E-state index in [-0.39, 0.29) is 62.1 Å². The molecule has 0 unspecified atom stereocenters. The van der Waals surface area contributed by atoms with Crippen molar-refractivity contribution in [3.63, 3.8) is 0 Å². The third-order valence-corrected chi connectivity index (χ3v) is 8.30. The lowest BCUT2D eigenvalue weighted by Crippen LogP contribution is -2.58. The van der Waals surface area contributed by atoms with Crippen LogP contribution < -0.4 is 0 Å². The minimum atomic E-state index is -1.11. The van der Waals surface area contributed by atoms with Crippen molar-refractivity contribution in [3.05, 3.63) is 36.0 Å². The van der Waals surface area contributed by atoms with E-state index in [4.69, 9.17) is 24.4 Å². The summed E-state index contributed by atoms with van der Waals surface area (Å²) >= 11 is 0. The molecule has 2 N–H and O–H groups in total. The molecule has 0 amide bonds. The van der Waals surface area contributed by atoms with Gasteiger partial charge >= 0.3 is 29.8 Å². The highest BCUT2D eigenvalue weighted by Crippen LogP contribution is 2.62. The SMILES string of the molecule is C=C1CC[C@@H]2[C@](C)(COC(=O)CCC(=O)O)[C@H](OC(=O)CCC(=O)O)CC[C@@]2(C)[C@@H]1/C=C\C1=CCOC1=O. The molecule has 0 radical (unpaired) electrons. The average molecular weight is 533 g/mol. The van der Waals surface area contributed by atoms with Crippen LogP contribution in [0.3, 0.4) is 0 Å². The number of cyclic esters (lactones) is 1. The van der Waals surface area contributed by atoms with Crippen LogP contribution in [0.15, 0.2) is 36.0 Å². The number of esters is 3. The van der Waals surface area contributed by atoms with Crippen molar-refractivity contribution in [2.45, 2.75) is 71.3 Å². The Morgan fingerprint density at radius 3 is 2.34 bits per heavy atom. The van der Waals surface area contributed by atoms with Crippen LogP contribution in [0.2, 0.25) is 0 Å². The monoisotopic (exact) mass is 532 g/mol. The van der Waals surface area contributed by atoms with Gasteiger partial charge in [0.25, 0.3) is 0 Å². The van der Waals surface area contributed by atoms with E-state index < -0.39 is 35.4 Å². The number of fused-ring (bicyclic) bond motifs is 1. The topological polar surface area (TPSA) is 154 Å². The molecule has 1 aliphatic heterocycles. The minimum Gasteiger partial charge on any atom is -0.481 e. The third kappa shape index (κ3) is 6.52. The molecule has 2 saturated carbocycles. The van der Waals surface area contributed by atoms with E-state index in [1.54, 1.807) is 12.2 Å². The summed E-state index contributed by atoms with van der Waals surface area (Å²) in [6.07, 6.45) is 6.10. The first-order valence-electron chi connectivity index (χ1n) is 12.9. The van der Waals surface area contributed by atoms with E-state index in [1.165, 1.54) is 0 Å². The Morgan fingerprint density at radius 1 is 1.08 bits per heavy atom. The van der Waals surface area contributed by atoms with Crippen LogP contribution in [0.5, 0.6) is 0 Å². The molecule has 0 bridgehead atoms. The first-order valence-corrected chi connectivity index (χ1v) is 12.9. The van der Waals surface area contributed by atoms with E-state index in [9.17, 15) is 24.0 Å². The number of carbonyl (C=O) groups is 5. The second-order valence-electron chi connectivity index (χ2n) is 10.8. The van der Waals surface area contributed by atoms with Crippen LogP contribution in [-0.2, 0) is 38.2 Å². The number of carbonyl (C=O) groups excluding carboxylic acids is 3. The molecule has 0 spiro atoms. The molecule has 38 heavy (non-hydrogen) atoms. The fraction of sp³-hybridized carbons (Fsp3) is 0.607. The van der Waals surface area contributed by atoms with E-state index in [1.807, 2.05) is 13.0 Å². The van der Waals surface area contributed by atoms with Gasteiger partial charge in [-0.2, -0.15) is 0 Å². The van der Waals surface area contributed by atoms with Crippen molar-refractivity contribution in [1.29, 1.82) is 0 Å². The summed E-state index contributed by atoms with van der Waals surface area (Å²) in [5, 5.41) is 17.8. The Labute approximate surface area is 221 Å². The second-order valence-corrected chi connectivity index (χ2v) is 10.8. The predicted octanol–water partition coefficient (Wildman–Crippen LogP) is 3.60. The highest BCUT2D eigenvalue weighted by Gasteiger charge is 2.59. The summed E-state index contributed by atoms with van der Waals surface area (Å²) < 4.78 is 16.4. The van der Waals surface area contributed by atoms with Gasteiger partial charge in [0.2, 0.25) is 0 Å². The van der Waals surface area contributed by atoms with Crippen LogP contribution in [0.25, 0.3) is 0 Å². The summed E-state index contributed by atoms with van der Waals surface area (Å²) in [5.41, 5.74) is 0.328. The van der Waals surface area contributed by atoms with Crippen LogP contribution in [-0.4, -0.2) is 59.4 Å². The number of ether oxygens (including phenoxy) is 3. The summed E-state index contributed by atoms with van der Waals surface area (Å²) in [6, 6.07) is 0. The van der Waals surface area contributed by atoms with Gasteiger partial charge in [0.15, 0.2) is 0 Å². The standard InChI is InChI=1S/C28H36O10/c1-17-4-7-20-27(2,19(17)6-5-18-13-15-36-26(18)35)14-12-21(38-25(34)11-9-23(31)32)28(20,3)16-37-24(33)10-8-22(29)30/h5-6,13,19-21H,1,4,7-12,14-16H2,2-3H3,(H,29,30)(H,31,32)/b6-5-/t19-,20+,21-,27+,28+/m1/s1. The molecule has 5 atom stereocenters. The quantitative estimate of drug-likeness (QED) is 0.229. The molecule has 2 fully saturated rings. The zero-order chi connectivity index (χ0) is 28.1. The Balaban J connectivity index is 1.88. The first kappa shape index (κ1) is 29.1. The number of rotatable bonds is 11. The normalized spacial score (nSPS) is 30.8. The Bertz CT molecular complexity index is 1060. The fourth-order valence-electron chi connectivity index (χ4n) is 6.30. The first-order chi connectivity index (χ1) is 17.9. The van der Waals surface area contributed by atoms with E-state index in [0.29, 0.717) is 31.3 Å². The highest BCUT2D eigenvalue weighted by atomic mass is 16.6. The lowest BCUT2D eigenvalue weighted by Gasteiger charge is -2.59. The molecule has 0 saturated heterocycles. The molecule has 208 valence electrons. The molecule has 2 aliphatic carbocycles. The van der Waals surface area contributed by atoms with E-state index >= 15 is 0 Å². The average Bonchev–Trinajstić information content (AvgIpc) is 3.26. The molecule has 1 heterocycles. The maximum absolute atomic E-state index is 12.5. The summed E-state index contributed by atoms with van der Waals surface area (Å²) in [7, 11) is 0. The molecule has 0 aromatic carbocycles. The van der Waals surface area contributed by atoms with Crippen LogP contribution in [0, 0.1) is 22.7 Å². The smallest absolute Gasteiger partial charge is 0.338 e. The maximum atomic E-state index is 12.5. The molecule has 0 aromatic heterocycles. The Kier molecular flexibility index (Phi) is 9.17. The van der Waals surface area contributed by atoms with Gasteiger partial charge in [-0.15, -0.1) is 0 Å². The largest absolute Gasteiger partial charge is 0.481 e. The number of hydrogen-bond acceptors (Lipinski definition) is 8. The molecule has 10 heteroatoms. The van der Waals surface area contributed by atoms with Crippen molar-refractivity contribution in [1.82, 2.24) is 0 Å². The van der Waals surface area contributed by atoms with Crippen molar-refractivity contribution >= 4 is 29.8 Å². The zero-order valence-electron chi connectivity index (χ0n) is 21.9. The van der Waals surface area contributed by atoms with Gasteiger partial charge < -0.3 is 24.4 Å². The molecule has 0 aromatic rings. The van der Waals surface area contributed by atoms with Gasteiger partial charge in [0, 0.05) is 11.3 Å². The van der Waals surface area contributed by atoms with Crippen LogP contribution >= 0.6 is 0 Å². The molecular formula is C28H36O10. The zero-order valence-corrected chi connectivity index (χ0v) is 21.9. The number of allylic oxidation sites excluding steroid dienone is 2. The Morgan fingerprint density at radius 2 is 1.74 bits per heavy atom. The summed E-state index contributed by atoms with van der Waals surface area (Å²) in [4.78, 5) is 58.6. The highest BCUT2D eigenvalue weighted by molar-refractivity contribution is 5.93. The van der Waals surface area contributed by atoms with Crippen LogP contribution in [0.4, 0.5) is 0 Å². The van der Waals surface area contributed by atoms with Gasteiger partial charge in [-0.1, -0.05) is 38.2 Å². The van der Waals surface area contributed by atoms with Crippen molar-refractivity contribution < 1.29 is 48.4 Å². The van der Waals surface area contributed by atoms with Gasteiger partial charge in [-0.25, -0.2) is 4.79 Å². The van der Waals surface area contributed by atoms with Gasteiger partial charge in [-0.3, -0.25) is 19.2 Å². The molecule has 3 rings (SSSR count). The summed E-state index contributed by atoms with van der Waals surface area (Å²) in [6.45, 7) is 8.49. The third-order valence-electron chi connectivity index (χ3n) is 8.30. The number of carboxylic acid groups (broad SMARTS) is 2. The number of hydrogen-bond donors (Lipinski definition) is 2. The minimum absolute atomic E-state index is 0.0804. The second kappa shape index (κ2) is 12.0. The van der Waals surface area contributed by atoms with Crippen molar-refractivity contribution in [2.24, 2.45) is 22.7 Å². The van der Waals surface area contributed by atoms with Crippen LogP contribution in [0.1, 0.15) is 65.2 Å². The lowest BCUT2D eigenvalue weighted by molar-refractivity contribution is -0.192. The molecule has 3 aliphatic rings. The van der Waals surface area contributed by atoms with Gasteiger partial charge in [-0.05, 0) is 43.1 Å². The van der Waals surface area contributed by atoms with Gasteiger partial charge in [0.05, 0.1) is 31.3 Å². The van der Waals surface area contributed by atoms with Crippen molar-refractivity contribution in [2.75, 3.05) is 13.2 Å². The van der Waals surface area contributed by atoms with E-state index in [0.717, 1.165) is 5.57 Å². The number of carboxylic acids is 2. The lowest BCUT2D eigenvalue weighted by atomic mass is 9.46. The summed E-state index contributed by atoms with van der Waals surface area (Å²) in [5.74, 6) is -4.05. The number of aliphatic carboxylic acids is 2. The van der Waals surface area contributed by atoms with Crippen molar-refractivity contribution in [3.8, 4) is 0 Å². The maximum Gasteiger partial charge on any atom is 0.338 e. The molecule has 10 nitrogen and oxygen atoms in total. The van der Waals surface area contributed by atoms with E-state index in [2.05, 4.69) is 13.5 Å². The predicted molar refractivity (Wildman–Crippen MR) is 134 cm³/mol. The van der Waals surface area contributed by atoms with Gasteiger partial charge in [0.1, 0.15) is 19.3 Å². The molecular weight excluding hydrogens is 496 g/mol. The fourth-order valence-corrected chi connectivity index (χ4v) is 6.30.